The maximum atomic E-state index is 12.6. The minimum atomic E-state index is -3.55. The molecule has 1 amide bonds. The zero-order chi connectivity index (χ0) is 17.9. The quantitative estimate of drug-likeness (QED) is 0.819. The molecule has 1 aromatic heterocycles. The van der Waals surface area contributed by atoms with Crippen LogP contribution in [0.1, 0.15) is 51.4 Å². The summed E-state index contributed by atoms with van der Waals surface area (Å²) in [5.41, 5.74) is 0. The van der Waals surface area contributed by atoms with E-state index in [1.807, 2.05) is 0 Å². The highest BCUT2D eigenvalue weighted by Gasteiger charge is 2.33. The van der Waals surface area contributed by atoms with Crippen molar-refractivity contribution >= 4 is 15.9 Å². The van der Waals surface area contributed by atoms with E-state index in [4.69, 9.17) is 0 Å². The number of carbonyl (C=O) groups excluding carboxylic acids is 1. The summed E-state index contributed by atoms with van der Waals surface area (Å²) in [6, 6.07) is 0.297. The van der Waals surface area contributed by atoms with E-state index in [9.17, 15) is 13.2 Å². The van der Waals surface area contributed by atoms with Gasteiger partial charge in [0.05, 0.1) is 6.33 Å². The van der Waals surface area contributed by atoms with E-state index in [1.165, 1.54) is 42.5 Å². The molecule has 2 fully saturated rings. The van der Waals surface area contributed by atoms with E-state index in [0.717, 1.165) is 12.8 Å². The largest absolute Gasteiger partial charge is 0.353 e. The predicted molar refractivity (Wildman–Crippen MR) is 94.3 cm³/mol. The minimum Gasteiger partial charge on any atom is -0.353 e. The van der Waals surface area contributed by atoms with Crippen LogP contribution >= 0.6 is 0 Å². The standard InChI is InChI=1S/C17H28N4O3S/c1-20-12-16(18-13-20)25(23,24)21-10-8-14(9-11-21)17(22)19-15-6-4-2-3-5-7-15/h12-15H,2-11H2,1H3,(H,19,22). The van der Waals surface area contributed by atoms with Gasteiger partial charge >= 0.3 is 0 Å². The van der Waals surface area contributed by atoms with Crippen molar-refractivity contribution in [3.8, 4) is 0 Å². The van der Waals surface area contributed by atoms with Gasteiger partial charge in [-0.3, -0.25) is 4.79 Å². The lowest BCUT2D eigenvalue weighted by atomic mass is 9.96. The maximum Gasteiger partial charge on any atom is 0.262 e. The van der Waals surface area contributed by atoms with Gasteiger partial charge in [0, 0.05) is 38.3 Å². The van der Waals surface area contributed by atoms with E-state index in [-0.39, 0.29) is 16.9 Å². The number of imidazole rings is 1. The monoisotopic (exact) mass is 368 g/mol. The fourth-order valence-electron chi connectivity index (χ4n) is 3.76. The van der Waals surface area contributed by atoms with Crippen LogP contribution < -0.4 is 5.32 Å². The Kier molecular flexibility index (Phi) is 5.78. The Morgan fingerprint density at radius 1 is 1.12 bits per heavy atom. The molecule has 0 atom stereocenters. The number of carbonyl (C=O) groups is 1. The van der Waals surface area contributed by atoms with Crippen LogP contribution in [0.4, 0.5) is 0 Å². The van der Waals surface area contributed by atoms with Crippen molar-refractivity contribution in [1.29, 1.82) is 0 Å². The smallest absolute Gasteiger partial charge is 0.262 e. The third-order valence-electron chi connectivity index (χ3n) is 5.31. The second-order valence-electron chi connectivity index (χ2n) is 7.25. The molecular weight excluding hydrogens is 340 g/mol. The van der Waals surface area contributed by atoms with Crippen molar-refractivity contribution in [2.24, 2.45) is 13.0 Å². The van der Waals surface area contributed by atoms with E-state index < -0.39 is 10.0 Å². The lowest BCUT2D eigenvalue weighted by molar-refractivity contribution is -0.126. The first-order valence-electron chi connectivity index (χ1n) is 9.25. The van der Waals surface area contributed by atoms with Gasteiger partial charge in [-0.15, -0.1) is 0 Å². The molecule has 25 heavy (non-hydrogen) atoms. The van der Waals surface area contributed by atoms with Crippen molar-refractivity contribution in [2.75, 3.05) is 13.1 Å². The summed E-state index contributed by atoms with van der Waals surface area (Å²) >= 11 is 0. The zero-order valence-electron chi connectivity index (χ0n) is 14.9. The third kappa shape index (κ3) is 4.41. The first-order valence-corrected chi connectivity index (χ1v) is 10.7. The Balaban J connectivity index is 1.53. The van der Waals surface area contributed by atoms with Gasteiger partial charge in [0.2, 0.25) is 5.91 Å². The lowest BCUT2D eigenvalue weighted by Gasteiger charge is -2.31. The van der Waals surface area contributed by atoms with Crippen LogP contribution in [-0.4, -0.2) is 47.3 Å². The molecule has 1 aliphatic carbocycles. The van der Waals surface area contributed by atoms with Crippen molar-refractivity contribution in [3.63, 3.8) is 0 Å². The SMILES string of the molecule is Cn1cnc(S(=O)(=O)N2CCC(C(=O)NC3CCCCCC3)CC2)c1. The molecular formula is C17H28N4O3S. The average molecular weight is 369 g/mol. The molecule has 0 unspecified atom stereocenters. The van der Waals surface area contributed by atoms with Gasteiger partial charge in [-0.2, -0.15) is 4.31 Å². The van der Waals surface area contributed by atoms with Crippen molar-refractivity contribution in [3.05, 3.63) is 12.5 Å². The van der Waals surface area contributed by atoms with Crippen molar-refractivity contribution in [2.45, 2.75) is 62.4 Å². The zero-order valence-corrected chi connectivity index (χ0v) is 15.7. The number of aryl methyl sites for hydroxylation is 1. The molecule has 8 heteroatoms. The molecule has 2 aliphatic rings. The molecule has 0 radical (unpaired) electrons. The number of hydrogen-bond acceptors (Lipinski definition) is 4. The highest BCUT2D eigenvalue weighted by molar-refractivity contribution is 7.89. The van der Waals surface area contributed by atoms with E-state index in [1.54, 1.807) is 11.6 Å². The Labute approximate surface area is 149 Å². The van der Waals surface area contributed by atoms with Crippen LogP contribution in [0, 0.1) is 5.92 Å². The van der Waals surface area contributed by atoms with Gasteiger partial charge in [-0.25, -0.2) is 13.4 Å². The molecule has 0 aromatic carbocycles. The summed E-state index contributed by atoms with van der Waals surface area (Å²) in [6.45, 7) is 0.753. The number of aromatic nitrogens is 2. The number of rotatable bonds is 4. The summed E-state index contributed by atoms with van der Waals surface area (Å²) in [6.07, 6.45) is 11.2. The summed E-state index contributed by atoms with van der Waals surface area (Å²) in [4.78, 5) is 16.5. The molecule has 0 spiro atoms. The Bertz CT molecular complexity index is 685. The fourth-order valence-corrected chi connectivity index (χ4v) is 5.19. The van der Waals surface area contributed by atoms with Gasteiger partial charge in [0.15, 0.2) is 5.03 Å². The Morgan fingerprint density at radius 3 is 2.32 bits per heavy atom. The van der Waals surface area contributed by atoms with Gasteiger partial charge in [-0.1, -0.05) is 25.7 Å². The number of sulfonamides is 1. The summed E-state index contributed by atoms with van der Waals surface area (Å²) < 4.78 is 28.2. The lowest BCUT2D eigenvalue weighted by Crippen LogP contribution is -2.45. The maximum absolute atomic E-state index is 12.6. The van der Waals surface area contributed by atoms with Crippen LogP contribution in [0.2, 0.25) is 0 Å². The van der Waals surface area contributed by atoms with E-state index in [0.29, 0.717) is 32.0 Å². The van der Waals surface area contributed by atoms with E-state index >= 15 is 0 Å². The molecule has 2 heterocycles. The van der Waals surface area contributed by atoms with Gasteiger partial charge in [0.1, 0.15) is 0 Å². The predicted octanol–water partition coefficient (Wildman–Crippen LogP) is 1.66. The number of nitrogens with one attached hydrogen (secondary N) is 1. The third-order valence-corrected chi connectivity index (χ3v) is 7.10. The molecule has 3 rings (SSSR count). The number of nitrogens with zero attached hydrogens (tertiary/aromatic N) is 3. The van der Waals surface area contributed by atoms with Crippen LogP contribution in [0.5, 0.6) is 0 Å². The summed E-state index contributed by atoms with van der Waals surface area (Å²) in [5, 5.41) is 3.27. The molecule has 1 N–H and O–H groups in total. The second kappa shape index (κ2) is 7.86. The molecule has 7 nitrogen and oxygen atoms in total. The van der Waals surface area contributed by atoms with Crippen molar-refractivity contribution in [1.82, 2.24) is 19.2 Å². The normalized spacial score (nSPS) is 21.8. The summed E-state index contributed by atoms with van der Waals surface area (Å²) in [5.74, 6) is 0.0141. The first-order chi connectivity index (χ1) is 12.0. The number of piperidine rings is 1. The van der Waals surface area contributed by atoms with Gasteiger partial charge in [0.25, 0.3) is 10.0 Å². The summed E-state index contributed by atoms with van der Waals surface area (Å²) in [7, 11) is -1.81. The van der Waals surface area contributed by atoms with Crippen LogP contribution in [0.25, 0.3) is 0 Å². The minimum absolute atomic E-state index is 0.0800. The fraction of sp³-hybridized carbons (Fsp3) is 0.765. The van der Waals surface area contributed by atoms with Crippen LogP contribution in [-0.2, 0) is 21.9 Å². The van der Waals surface area contributed by atoms with E-state index in [2.05, 4.69) is 10.3 Å². The Morgan fingerprint density at radius 2 is 1.76 bits per heavy atom. The molecule has 1 aromatic rings. The highest BCUT2D eigenvalue weighted by Crippen LogP contribution is 2.24. The first kappa shape index (κ1) is 18.4. The van der Waals surface area contributed by atoms with Gasteiger partial charge in [-0.05, 0) is 25.7 Å². The molecule has 1 saturated carbocycles. The highest BCUT2D eigenvalue weighted by atomic mass is 32.2. The molecule has 1 aliphatic heterocycles. The van der Waals surface area contributed by atoms with Crippen LogP contribution in [0.3, 0.4) is 0 Å². The molecule has 140 valence electrons. The topological polar surface area (TPSA) is 84.3 Å². The van der Waals surface area contributed by atoms with Crippen LogP contribution in [0.15, 0.2) is 17.6 Å². The van der Waals surface area contributed by atoms with Gasteiger partial charge < -0.3 is 9.88 Å². The second-order valence-corrected chi connectivity index (χ2v) is 9.14. The van der Waals surface area contributed by atoms with Crippen molar-refractivity contribution < 1.29 is 13.2 Å². The molecule has 0 bridgehead atoms. The number of hydrogen-bond donors (Lipinski definition) is 1. The number of amides is 1. The Hall–Kier alpha value is -1.41. The average Bonchev–Trinajstić information content (AvgIpc) is 2.89. The molecule has 1 saturated heterocycles.